The summed E-state index contributed by atoms with van der Waals surface area (Å²) in [7, 11) is -3.64. The molecule has 0 saturated heterocycles. The van der Waals surface area contributed by atoms with E-state index in [4.69, 9.17) is 0 Å². The second kappa shape index (κ2) is 5.28. The minimum atomic E-state index is -3.64. The predicted molar refractivity (Wildman–Crippen MR) is 76.9 cm³/mol. The maximum Gasteiger partial charge on any atom is 0.271 e. The first-order valence-electron chi connectivity index (χ1n) is 4.62. The van der Waals surface area contributed by atoms with Crippen molar-refractivity contribution in [3.05, 3.63) is 44.4 Å². The third-order valence-electron chi connectivity index (χ3n) is 1.99. The zero-order valence-electron chi connectivity index (χ0n) is 8.65. The van der Waals surface area contributed by atoms with Gasteiger partial charge in [-0.1, -0.05) is 0 Å². The Morgan fingerprint density at radius 2 is 1.89 bits per heavy atom. The van der Waals surface area contributed by atoms with E-state index < -0.39 is 15.8 Å². The van der Waals surface area contributed by atoms with Gasteiger partial charge in [0.2, 0.25) is 0 Å². The number of rotatable bonds is 3. The summed E-state index contributed by atoms with van der Waals surface area (Å²) in [5.74, 6) is -0.441. The summed E-state index contributed by atoms with van der Waals surface area (Å²) in [5.41, 5.74) is 0.293. The van der Waals surface area contributed by atoms with Gasteiger partial charge >= 0.3 is 0 Å². The highest BCUT2D eigenvalue weighted by molar-refractivity contribution is 9.11. The van der Waals surface area contributed by atoms with Crippen LogP contribution in [0.1, 0.15) is 0 Å². The van der Waals surface area contributed by atoms with Crippen molar-refractivity contribution in [1.29, 1.82) is 0 Å². The summed E-state index contributed by atoms with van der Waals surface area (Å²) in [6, 6.07) is 6.89. The molecule has 2 aromatic rings. The van der Waals surface area contributed by atoms with Crippen LogP contribution in [-0.4, -0.2) is 8.42 Å². The number of sulfonamides is 1. The first-order chi connectivity index (χ1) is 8.38. The van der Waals surface area contributed by atoms with Crippen molar-refractivity contribution in [2.45, 2.75) is 4.21 Å². The smallest absolute Gasteiger partial charge is 0.271 e. The topological polar surface area (TPSA) is 46.2 Å². The highest BCUT2D eigenvalue weighted by Crippen LogP contribution is 2.30. The number of thiophene rings is 1. The lowest BCUT2D eigenvalue weighted by Crippen LogP contribution is -2.11. The highest BCUT2D eigenvalue weighted by Gasteiger charge is 2.17. The van der Waals surface area contributed by atoms with E-state index in [-0.39, 0.29) is 4.21 Å². The second-order valence-corrected chi connectivity index (χ2v) is 8.51. The van der Waals surface area contributed by atoms with E-state index in [0.717, 1.165) is 15.1 Å². The minimum absolute atomic E-state index is 0.186. The Hall–Kier alpha value is -0.440. The number of anilines is 1. The summed E-state index contributed by atoms with van der Waals surface area (Å²) in [6.07, 6.45) is 0. The van der Waals surface area contributed by atoms with E-state index in [1.165, 1.54) is 24.3 Å². The van der Waals surface area contributed by atoms with Gasteiger partial charge in [-0.05, 0) is 62.2 Å². The van der Waals surface area contributed by atoms with Gasteiger partial charge in [-0.3, -0.25) is 4.72 Å². The fourth-order valence-electron chi connectivity index (χ4n) is 1.21. The molecule has 18 heavy (non-hydrogen) atoms. The lowest BCUT2D eigenvalue weighted by molar-refractivity contribution is 0.603. The molecule has 96 valence electrons. The van der Waals surface area contributed by atoms with Crippen molar-refractivity contribution in [1.82, 2.24) is 0 Å². The van der Waals surface area contributed by atoms with Gasteiger partial charge < -0.3 is 0 Å². The third-order valence-corrected chi connectivity index (χ3v) is 6.13. The predicted octanol–water partition coefficient (Wildman–Crippen LogP) is 4.21. The van der Waals surface area contributed by atoms with E-state index in [0.29, 0.717) is 10.2 Å². The molecule has 1 heterocycles. The van der Waals surface area contributed by atoms with Crippen LogP contribution < -0.4 is 4.72 Å². The maximum atomic E-state index is 12.9. The van der Waals surface area contributed by atoms with Gasteiger partial charge in [0.15, 0.2) is 0 Å². The summed E-state index contributed by atoms with van der Waals surface area (Å²) >= 11 is 7.41. The zero-order valence-corrected chi connectivity index (χ0v) is 13.5. The number of halogens is 3. The molecule has 1 aromatic carbocycles. The SMILES string of the molecule is O=S(=O)(Nc1ccc(F)cc1Br)c1ccc(Br)s1. The molecule has 0 amide bonds. The van der Waals surface area contributed by atoms with Crippen LogP contribution in [0.2, 0.25) is 0 Å². The first kappa shape index (κ1) is 14.0. The second-order valence-electron chi connectivity index (χ2n) is 3.29. The van der Waals surface area contributed by atoms with Crippen molar-refractivity contribution in [3.63, 3.8) is 0 Å². The van der Waals surface area contributed by atoms with Crippen molar-refractivity contribution in [3.8, 4) is 0 Å². The average molecular weight is 415 g/mol. The molecular formula is C10H6Br2FNO2S2. The van der Waals surface area contributed by atoms with Crippen molar-refractivity contribution < 1.29 is 12.8 Å². The molecule has 1 N–H and O–H groups in total. The summed E-state index contributed by atoms with van der Waals surface area (Å²) < 4.78 is 40.6. The van der Waals surface area contributed by atoms with Crippen LogP contribution in [0.25, 0.3) is 0 Å². The van der Waals surface area contributed by atoms with E-state index in [9.17, 15) is 12.8 Å². The van der Waals surface area contributed by atoms with Crippen LogP contribution >= 0.6 is 43.2 Å². The van der Waals surface area contributed by atoms with Gasteiger partial charge in [-0.25, -0.2) is 12.8 Å². The van der Waals surface area contributed by atoms with E-state index >= 15 is 0 Å². The largest absolute Gasteiger partial charge is 0.278 e. The third kappa shape index (κ3) is 3.11. The number of nitrogens with one attached hydrogen (secondary N) is 1. The van der Waals surface area contributed by atoms with Crippen molar-refractivity contribution in [2.24, 2.45) is 0 Å². The minimum Gasteiger partial charge on any atom is -0.278 e. The van der Waals surface area contributed by atoms with Gasteiger partial charge in [-0.2, -0.15) is 0 Å². The average Bonchev–Trinajstić information content (AvgIpc) is 2.70. The van der Waals surface area contributed by atoms with Crippen LogP contribution in [0.15, 0.2) is 42.8 Å². The Balaban J connectivity index is 2.33. The summed E-state index contributed by atoms with van der Waals surface area (Å²) in [5, 5.41) is 0. The molecule has 0 bridgehead atoms. The van der Waals surface area contributed by atoms with Gasteiger partial charge in [0, 0.05) is 4.47 Å². The molecule has 0 fully saturated rings. The molecule has 3 nitrogen and oxygen atoms in total. The van der Waals surface area contributed by atoms with Crippen LogP contribution in [0, 0.1) is 5.82 Å². The van der Waals surface area contributed by atoms with Gasteiger partial charge in [0.1, 0.15) is 10.0 Å². The molecule has 0 atom stereocenters. The standard InChI is InChI=1S/C10H6Br2FNO2S2/c11-7-5-6(13)1-2-8(7)14-18(15,16)10-4-3-9(12)17-10/h1-5,14H. The molecule has 0 aliphatic heterocycles. The molecule has 0 saturated carbocycles. The van der Waals surface area contributed by atoms with E-state index in [1.807, 2.05) is 0 Å². The molecule has 0 aliphatic rings. The summed E-state index contributed by atoms with van der Waals surface area (Å²) in [4.78, 5) is 0. The van der Waals surface area contributed by atoms with Gasteiger partial charge in [0.25, 0.3) is 10.0 Å². The zero-order chi connectivity index (χ0) is 13.3. The lowest BCUT2D eigenvalue weighted by atomic mass is 10.3. The van der Waals surface area contributed by atoms with Crippen LogP contribution in [-0.2, 0) is 10.0 Å². The Labute approximate surface area is 124 Å². The first-order valence-corrected chi connectivity index (χ1v) is 8.50. The Bertz CT molecular complexity index is 685. The quantitative estimate of drug-likeness (QED) is 0.817. The fraction of sp³-hybridized carbons (Fsp3) is 0. The Morgan fingerprint density at radius 3 is 2.44 bits per heavy atom. The molecular weight excluding hydrogens is 409 g/mol. The lowest BCUT2D eigenvalue weighted by Gasteiger charge is -2.08. The fourth-order valence-corrected chi connectivity index (χ4v) is 4.88. The van der Waals surface area contributed by atoms with Crippen LogP contribution in [0.5, 0.6) is 0 Å². The normalized spacial score (nSPS) is 11.5. The molecule has 0 spiro atoms. The summed E-state index contributed by atoms with van der Waals surface area (Å²) in [6.45, 7) is 0. The van der Waals surface area contributed by atoms with E-state index in [2.05, 4.69) is 36.6 Å². The monoisotopic (exact) mass is 413 g/mol. The van der Waals surface area contributed by atoms with Crippen LogP contribution in [0.4, 0.5) is 10.1 Å². The molecule has 0 aliphatic carbocycles. The molecule has 0 radical (unpaired) electrons. The molecule has 0 unspecified atom stereocenters. The number of hydrogen-bond donors (Lipinski definition) is 1. The number of hydrogen-bond acceptors (Lipinski definition) is 3. The maximum absolute atomic E-state index is 12.9. The molecule has 1 aromatic heterocycles. The van der Waals surface area contributed by atoms with E-state index in [1.54, 1.807) is 6.07 Å². The highest BCUT2D eigenvalue weighted by atomic mass is 79.9. The Kier molecular flexibility index (Phi) is 4.10. The number of benzene rings is 1. The van der Waals surface area contributed by atoms with Crippen LogP contribution in [0.3, 0.4) is 0 Å². The van der Waals surface area contributed by atoms with Gasteiger partial charge in [0.05, 0.1) is 9.47 Å². The van der Waals surface area contributed by atoms with Gasteiger partial charge in [-0.15, -0.1) is 11.3 Å². The Morgan fingerprint density at radius 1 is 1.17 bits per heavy atom. The molecule has 2 rings (SSSR count). The van der Waals surface area contributed by atoms with Crippen molar-refractivity contribution >= 4 is 58.9 Å². The van der Waals surface area contributed by atoms with Crippen molar-refractivity contribution in [2.75, 3.05) is 4.72 Å². The molecule has 8 heteroatoms.